The molecular formula is C11H21NO4S. The van der Waals surface area contributed by atoms with E-state index in [1.54, 1.807) is 6.92 Å². The molecule has 3 N–H and O–H groups in total. The second kappa shape index (κ2) is 9.30. The molecule has 0 aliphatic rings. The summed E-state index contributed by atoms with van der Waals surface area (Å²) in [6.45, 7) is 4.13. The maximum absolute atomic E-state index is 11.6. The SMILES string of the molecule is CCCC(SCCC(N)C(=O)O)C(=O)OCC. The molecule has 0 aliphatic heterocycles. The Labute approximate surface area is 106 Å². The largest absolute Gasteiger partial charge is 0.480 e. The van der Waals surface area contributed by atoms with Gasteiger partial charge in [0.15, 0.2) is 0 Å². The topological polar surface area (TPSA) is 89.6 Å². The van der Waals surface area contributed by atoms with Crippen molar-refractivity contribution in [3.8, 4) is 0 Å². The Hall–Kier alpha value is -0.750. The van der Waals surface area contributed by atoms with Gasteiger partial charge in [0.25, 0.3) is 0 Å². The fraction of sp³-hybridized carbons (Fsp3) is 0.818. The van der Waals surface area contributed by atoms with E-state index in [1.165, 1.54) is 11.8 Å². The third-order valence-electron chi connectivity index (χ3n) is 2.17. The number of thioether (sulfide) groups is 1. The average Bonchev–Trinajstić information content (AvgIpc) is 2.27. The number of ether oxygens (including phenoxy) is 1. The van der Waals surface area contributed by atoms with E-state index in [4.69, 9.17) is 15.6 Å². The molecule has 17 heavy (non-hydrogen) atoms. The van der Waals surface area contributed by atoms with Crippen LogP contribution in [0.1, 0.15) is 33.1 Å². The maximum atomic E-state index is 11.6. The highest BCUT2D eigenvalue weighted by atomic mass is 32.2. The van der Waals surface area contributed by atoms with Gasteiger partial charge in [0, 0.05) is 0 Å². The summed E-state index contributed by atoms with van der Waals surface area (Å²) < 4.78 is 4.95. The highest BCUT2D eigenvalue weighted by Gasteiger charge is 2.20. The molecule has 0 spiro atoms. The van der Waals surface area contributed by atoms with Gasteiger partial charge in [-0.3, -0.25) is 9.59 Å². The Morgan fingerprint density at radius 2 is 2.00 bits per heavy atom. The normalized spacial score (nSPS) is 14.1. The molecule has 5 nitrogen and oxygen atoms in total. The first-order valence-corrected chi connectivity index (χ1v) is 6.84. The van der Waals surface area contributed by atoms with Crippen LogP contribution in [0.5, 0.6) is 0 Å². The van der Waals surface area contributed by atoms with Crippen molar-refractivity contribution in [2.75, 3.05) is 12.4 Å². The summed E-state index contributed by atoms with van der Waals surface area (Å²) >= 11 is 1.42. The van der Waals surface area contributed by atoms with Crippen molar-refractivity contribution < 1.29 is 19.4 Å². The first kappa shape index (κ1) is 16.2. The summed E-state index contributed by atoms with van der Waals surface area (Å²) in [4.78, 5) is 22.1. The monoisotopic (exact) mass is 263 g/mol. The highest BCUT2D eigenvalue weighted by Crippen LogP contribution is 2.19. The molecule has 0 aromatic rings. The zero-order valence-corrected chi connectivity index (χ0v) is 11.2. The summed E-state index contributed by atoms with van der Waals surface area (Å²) in [5.74, 6) is -0.672. The van der Waals surface area contributed by atoms with Crippen LogP contribution < -0.4 is 5.73 Å². The number of carboxylic acid groups (broad SMARTS) is 1. The number of carbonyl (C=O) groups excluding carboxylic acids is 1. The Morgan fingerprint density at radius 1 is 1.35 bits per heavy atom. The second-order valence-corrected chi connectivity index (χ2v) is 4.94. The minimum Gasteiger partial charge on any atom is -0.480 e. The van der Waals surface area contributed by atoms with Gasteiger partial charge in [0.1, 0.15) is 11.3 Å². The van der Waals surface area contributed by atoms with Gasteiger partial charge in [-0.15, -0.1) is 11.8 Å². The Bertz CT molecular complexity index is 248. The van der Waals surface area contributed by atoms with Gasteiger partial charge < -0.3 is 15.6 Å². The molecule has 0 heterocycles. The fourth-order valence-corrected chi connectivity index (χ4v) is 2.51. The van der Waals surface area contributed by atoms with Crippen molar-refractivity contribution in [2.45, 2.75) is 44.4 Å². The fourth-order valence-electron chi connectivity index (χ4n) is 1.23. The van der Waals surface area contributed by atoms with E-state index in [2.05, 4.69) is 0 Å². The van der Waals surface area contributed by atoms with E-state index in [9.17, 15) is 9.59 Å². The molecule has 100 valence electrons. The third kappa shape index (κ3) is 7.23. The summed E-state index contributed by atoms with van der Waals surface area (Å²) in [6, 6.07) is -0.855. The number of esters is 1. The van der Waals surface area contributed by atoms with Crippen molar-refractivity contribution in [2.24, 2.45) is 5.73 Å². The van der Waals surface area contributed by atoms with E-state index in [0.29, 0.717) is 18.8 Å². The lowest BCUT2D eigenvalue weighted by atomic mass is 10.2. The number of carbonyl (C=O) groups is 2. The Balaban J connectivity index is 4.00. The molecule has 6 heteroatoms. The van der Waals surface area contributed by atoms with Gasteiger partial charge in [-0.25, -0.2) is 0 Å². The van der Waals surface area contributed by atoms with Crippen LogP contribution in [0.3, 0.4) is 0 Å². The molecule has 0 fully saturated rings. The van der Waals surface area contributed by atoms with Crippen LogP contribution in [0, 0.1) is 0 Å². The number of aliphatic carboxylic acids is 1. The number of hydrogen-bond donors (Lipinski definition) is 2. The molecule has 0 saturated carbocycles. The lowest BCUT2D eigenvalue weighted by Gasteiger charge is -2.14. The van der Waals surface area contributed by atoms with Gasteiger partial charge in [-0.05, 0) is 25.5 Å². The van der Waals surface area contributed by atoms with Gasteiger partial charge in [-0.2, -0.15) is 0 Å². The van der Waals surface area contributed by atoms with Crippen molar-refractivity contribution in [1.82, 2.24) is 0 Å². The van der Waals surface area contributed by atoms with Crippen LogP contribution >= 0.6 is 11.8 Å². The van der Waals surface area contributed by atoms with Crippen LogP contribution in [0.25, 0.3) is 0 Å². The zero-order chi connectivity index (χ0) is 13.3. The molecule has 0 radical (unpaired) electrons. The smallest absolute Gasteiger partial charge is 0.320 e. The molecule has 0 rings (SSSR count). The van der Waals surface area contributed by atoms with Gasteiger partial charge in [0.2, 0.25) is 0 Å². The average molecular weight is 263 g/mol. The first-order chi connectivity index (χ1) is 8.02. The lowest BCUT2D eigenvalue weighted by Crippen LogP contribution is -2.31. The van der Waals surface area contributed by atoms with Crippen LogP contribution in [-0.4, -0.2) is 40.7 Å². The molecule has 2 atom stereocenters. The van der Waals surface area contributed by atoms with Gasteiger partial charge >= 0.3 is 11.9 Å². The molecule has 0 bridgehead atoms. The maximum Gasteiger partial charge on any atom is 0.320 e. The molecule has 0 aromatic carbocycles. The first-order valence-electron chi connectivity index (χ1n) is 5.79. The third-order valence-corrected chi connectivity index (χ3v) is 3.47. The molecule has 2 unspecified atom stereocenters. The number of hydrogen-bond acceptors (Lipinski definition) is 5. The van der Waals surface area contributed by atoms with E-state index >= 15 is 0 Å². The molecule has 0 saturated heterocycles. The van der Waals surface area contributed by atoms with E-state index in [0.717, 1.165) is 12.8 Å². The number of nitrogens with two attached hydrogens (primary N) is 1. The van der Waals surface area contributed by atoms with Crippen molar-refractivity contribution in [1.29, 1.82) is 0 Å². The zero-order valence-electron chi connectivity index (χ0n) is 10.3. The van der Waals surface area contributed by atoms with Crippen molar-refractivity contribution >= 4 is 23.7 Å². The van der Waals surface area contributed by atoms with Crippen LogP contribution in [0.2, 0.25) is 0 Å². The minimum atomic E-state index is -1.01. The molecular weight excluding hydrogens is 242 g/mol. The predicted molar refractivity (Wildman–Crippen MR) is 68.0 cm³/mol. The highest BCUT2D eigenvalue weighted by molar-refractivity contribution is 8.00. The summed E-state index contributed by atoms with van der Waals surface area (Å²) in [5.41, 5.74) is 5.38. The standard InChI is InChI=1S/C11H21NO4S/c1-3-5-9(11(15)16-4-2)17-7-6-8(12)10(13)14/h8-9H,3-7,12H2,1-2H3,(H,13,14). The van der Waals surface area contributed by atoms with E-state index < -0.39 is 12.0 Å². The van der Waals surface area contributed by atoms with Gasteiger partial charge in [0.05, 0.1) is 6.61 Å². The predicted octanol–water partition coefficient (Wildman–Crippen LogP) is 1.25. The van der Waals surface area contributed by atoms with Crippen LogP contribution in [0.4, 0.5) is 0 Å². The minimum absolute atomic E-state index is 0.207. The van der Waals surface area contributed by atoms with E-state index in [-0.39, 0.29) is 11.2 Å². The quantitative estimate of drug-likeness (QED) is 0.609. The lowest BCUT2D eigenvalue weighted by molar-refractivity contribution is -0.142. The summed E-state index contributed by atoms with van der Waals surface area (Å²) in [6.07, 6.45) is 1.99. The van der Waals surface area contributed by atoms with Crippen LogP contribution in [-0.2, 0) is 14.3 Å². The molecule has 0 amide bonds. The summed E-state index contributed by atoms with van der Waals surface area (Å²) in [7, 11) is 0. The Kier molecular flexibility index (Phi) is 8.89. The molecule has 0 aliphatic carbocycles. The van der Waals surface area contributed by atoms with E-state index in [1.807, 2.05) is 6.92 Å². The van der Waals surface area contributed by atoms with Crippen LogP contribution in [0.15, 0.2) is 0 Å². The van der Waals surface area contributed by atoms with Crippen molar-refractivity contribution in [3.63, 3.8) is 0 Å². The van der Waals surface area contributed by atoms with Gasteiger partial charge in [-0.1, -0.05) is 13.3 Å². The Morgan fingerprint density at radius 3 is 2.47 bits per heavy atom. The number of rotatable bonds is 9. The second-order valence-electron chi connectivity index (χ2n) is 3.63. The molecule has 0 aromatic heterocycles. The summed E-state index contributed by atoms with van der Waals surface area (Å²) in [5, 5.41) is 8.41. The number of carboxylic acids is 1. The van der Waals surface area contributed by atoms with Crippen molar-refractivity contribution in [3.05, 3.63) is 0 Å².